The number of aliphatic hydroxyl groups is 1. The Labute approximate surface area is 103 Å². The van der Waals surface area contributed by atoms with Crippen LogP contribution in [0.5, 0.6) is 0 Å². The van der Waals surface area contributed by atoms with Crippen molar-refractivity contribution in [3.05, 3.63) is 35.4 Å². The van der Waals surface area contributed by atoms with Gasteiger partial charge in [-0.25, -0.2) is 0 Å². The number of hydrogen-bond donors (Lipinski definition) is 1. The molecule has 2 heteroatoms. The fraction of sp³-hybridized carbons (Fsp3) is 0.600. The first-order valence-corrected chi connectivity index (χ1v) is 6.82. The van der Waals surface area contributed by atoms with Gasteiger partial charge in [0.15, 0.2) is 0 Å². The molecule has 1 aromatic carbocycles. The van der Waals surface area contributed by atoms with Crippen molar-refractivity contribution >= 4 is 0 Å². The summed E-state index contributed by atoms with van der Waals surface area (Å²) in [5.74, 6) is 0. The topological polar surface area (TPSA) is 23.5 Å². The first-order valence-electron chi connectivity index (χ1n) is 6.82. The molecule has 1 aromatic rings. The maximum Gasteiger partial charge on any atom is 0.0667 e. The van der Waals surface area contributed by atoms with Crippen LogP contribution in [-0.2, 0) is 12.8 Å². The Morgan fingerprint density at radius 3 is 2.76 bits per heavy atom. The first kappa shape index (κ1) is 11.2. The molecule has 0 saturated carbocycles. The SMILES string of the molecule is O[C@H]1CCCN([C@@H]2CCc3ccccc3C2)C1. The molecular formula is C15H21NO. The highest BCUT2D eigenvalue weighted by Crippen LogP contribution is 2.26. The predicted octanol–water partition coefficient (Wildman–Crippen LogP) is 2.00. The number of likely N-dealkylation sites (tertiary alicyclic amines) is 1. The number of nitrogens with zero attached hydrogens (tertiary/aromatic N) is 1. The molecule has 92 valence electrons. The van der Waals surface area contributed by atoms with Gasteiger partial charge in [-0.15, -0.1) is 0 Å². The quantitative estimate of drug-likeness (QED) is 0.799. The zero-order valence-corrected chi connectivity index (χ0v) is 10.3. The van der Waals surface area contributed by atoms with Gasteiger partial charge in [-0.1, -0.05) is 24.3 Å². The summed E-state index contributed by atoms with van der Waals surface area (Å²) in [4.78, 5) is 2.50. The lowest BCUT2D eigenvalue weighted by Crippen LogP contribution is -2.46. The highest BCUT2D eigenvalue weighted by Gasteiger charge is 2.27. The molecular weight excluding hydrogens is 210 g/mol. The number of β-amino-alcohol motifs (C(OH)–C–C–N with tert-alkyl or cyclic N) is 1. The summed E-state index contributed by atoms with van der Waals surface area (Å²) in [7, 11) is 0. The van der Waals surface area contributed by atoms with Crippen molar-refractivity contribution in [3.8, 4) is 0 Å². The van der Waals surface area contributed by atoms with E-state index in [-0.39, 0.29) is 6.10 Å². The molecule has 1 N–H and O–H groups in total. The third-order valence-corrected chi connectivity index (χ3v) is 4.27. The molecule has 1 saturated heterocycles. The summed E-state index contributed by atoms with van der Waals surface area (Å²) >= 11 is 0. The fourth-order valence-corrected chi connectivity index (χ4v) is 3.31. The van der Waals surface area contributed by atoms with Gasteiger partial charge in [-0.3, -0.25) is 4.90 Å². The molecule has 3 rings (SSSR count). The van der Waals surface area contributed by atoms with Crippen molar-refractivity contribution in [1.29, 1.82) is 0 Å². The van der Waals surface area contributed by atoms with Gasteiger partial charge in [0.2, 0.25) is 0 Å². The lowest BCUT2D eigenvalue weighted by Gasteiger charge is -2.39. The van der Waals surface area contributed by atoms with Crippen LogP contribution < -0.4 is 0 Å². The molecule has 17 heavy (non-hydrogen) atoms. The summed E-state index contributed by atoms with van der Waals surface area (Å²) in [5.41, 5.74) is 3.05. The van der Waals surface area contributed by atoms with Crippen molar-refractivity contribution in [3.63, 3.8) is 0 Å². The number of rotatable bonds is 1. The monoisotopic (exact) mass is 231 g/mol. The van der Waals surface area contributed by atoms with Crippen molar-refractivity contribution in [2.75, 3.05) is 13.1 Å². The van der Waals surface area contributed by atoms with Crippen LogP contribution in [0.3, 0.4) is 0 Å². The van der Waals surface area contributed by atoms with Crippen molar-refractivity contribution < 1.29 is 5.11 Å². The van der Waals surface area contributed by atoms with E-state index < -0.39 is 0 Å². The molecule has 0 unspecified atom stereocenters. The van der Waals surface area contributed by atoms with Gasteiger partial charge in [0, 0.05) is 12.6 Å². The number of piperidine rings is 1. The van der Waals surface area contributed by atoms with E-state index in [4.69, 9.17) is 0 Å². The summed E-state index contributed by atoms with van der Waals surface area (Å²) in [6, 6.07) is 9.47. The smallest absolute Gasteiger partial charge is 0.0667 e. The summed E-state index contributed by atoms with van der Waals surface area (Å²) in [6.07, 6.45) is 5.67. The van der Waals surface area contributed by atoms with Gasteiger partial charge in [0.1, 0.15) is 0 Å². The molecule has 1 fully saturated rings. The number of aryl methyl sites for hydroxylation is 1. The van der Waals surface area contributed by atoms with E-state index in [1.165, 1.54) is 36.9 Å². The van der Waals surface area contributed by atoms with Crippen LogP contribution in [0, 0.1) is 0 Å². The van der Waals surface area contributed by atoms with E-state index in [0.29, 0.717) is 6.04 Å². The maximum atomic E-state index is 9.76. The van der Waals surface area contributed by atoms with E-state index in [9.17, 15) is 5.11 Å². The van der Waals surface area contributed by atoms with Gasteiger partial charge in [-0.05, 0) is 49.8 Å². The molecule has 0 spiro atoms. The Kier molecular flexibility index (Phi) is 3.17. The van der Waals surface area contributed by atoms with E-state index >= 15 is 0 Å². The van der Waals surface area contributed by atoms with Gasteiger partial charge < -0.3 is 5.11 Å². The summed E-state index contributed by atoms with van der Waals surface area (Å²) in [6.45, 7) is 2.05. The average molecular weight is 231 g/mol. The van der Waals surface area contributed by atoms with Crippen LogP contribution in [-0.4, -0.2) is 35.2 Å². The van der Waals surface area contributed by atoms with Crippen LogP contribution in [0.4, 0.5) is 0 Å². The van der Waals surface area contributed by atoms with Crippen LogP contribution in [0.1, 0.15) is 30.4 Å². The third kappa shape index (κ3) is 2.38. The second-order valence-electron chi connectivity index (χ2n) is 5.46. The normalized spacial score (nSPS) is 29.9. The standard InChI is InChI=1S/C15H21NO/c17-15-6-3-9-16(11-15)14-8-7-12-4-1-2-5-13(12)10-14/h1-2,4-5,14-15,17H,3,6-11H2/t14-,15+/m1/s1. The largest absolute Gasteiger partial charge is 0.392 e. The minimum atomic E-state index is -0.0964. The van der Waals surface area contributed by atoms with Gasteiger partial charge in [0.25, 0.3) is 0 Å². The van der Waals surface area contributed by atoms with Crippen LogP contribution in [0.15, 0.2) is 24.3 Å². The van der Waals surface area contributed by atoms with E-state index in [2.05, 4.69) is 29.2 Å². The van der Waals surface area contributed by atoms with Crippen molar-refractivity contribution in [2.45, 2.75) is 44.2 Å². The minimum Gasteiger partial charge on any atom is -0.392 e. The van der Waals surface area contributed by atoms with Crippen LogP contribution in [0.25, 0.3) is 0 Å². The molecule has 0 amide bonds. The van der Waals surface area contributed by atoms with E-state index in [1.54, 1.807) is 0 Å². The average Bonchev–Trinajstić information content (AvgIpc) is 2.38. The zero-order chi connectivity index (χ0) is 11.7. The summed E-state index contributed by atoms with van der Waals surface area (Å²) in [5, 5.41) is 9.76. The number of hydrogen-bond acceptors (Lipinski definition) is 2. The Hall–Kier alpha value is -0.860. The zero-order valence-electron chi connectivity index (χ0n) is 10.3. The number of benzene rings is 1. The Morgan fingerprint density at radius 2 is 1.94 bits per heavy atom. The van der Waals surface area contributed by atoms with Crippen molar-refractivity contribution in [1.82, 2.24) is 4.90 Å². The third-order valence-electron chi connectivity index (χ3n) is 4.27. The highest BCUT2D eigenvalue weighted by atomic mass is 16.3. The lowest BCUT2D eigenvalue weighted by molar-refractivity contribution is 0.0426. The highest BCUT2D eigenvalue weighted by molar-refractivity contribution is 5.30. The van der Waals surface area contributed by atoms with Crippen LogP contribution in [0.2, 0.25) is 0 Å². The molecule has 1 aliphatic heterocycles. The Bertz CT molecular complexity index is 390. The van der Waals surface area contributed by atoms with E-state index in [1.807, 2.05) is 0 Å². The predicted molar refractivity (Wildman–Crippen MR) is 69.1 cm³/mol. The minimum absolute atomic E-state index is 0.0964. The maximum absolute atomic E-state index is 9.76. The molecule has 0 radical (unpaired) electrons. The van der Waals surface area contributed by atoms with Gasteiger partial charge in [0.05, 0.1) is 6.10 Å². The molecule has 1 aliphatic carbocycles. The molecule has 2 nitrogen and oxygen atoms in total. The lowest BCUT2D eigenvalue weighted by atomic mass is 9.86. The number of fused-ring (bicyclic) bond motifs is 1. The van der Waals surface area contributed by atoms with E-state index in [0.717, 1.165) is 19.4 Å². The second kappa shape index (κ2) is 4.79. The van der Waals surface area contributed by atoms with Crippen LogP contribution >= 0.6 is 0 Å². The van der Waals surface area contributed by atoms with Gasteiger partial charge >= 0.3 is 0 Å². The molecule has 0 bridgehead atoms. The molecule has 0 aromatic heterocycles. The van der Waals surface area contributed by atoms with Gasteiger partial charge in [-0.2, -0.15) is 0 Å². The molecule has 2 atom stereocenters. The Balaban J connectivity index is 1.71. The summed E-state index contributed by atoms with van der Waals surface area (Å²) < 4.78 is 0. The fourth-order valence-electron chi connectivity index (χ4n) is 3.31. The second-order valence-corrected chi connectivity index (χ2v) is 5.46. The number of aliphatic hydroxyl groups excluding tert-OH is 1. The first-order chi connectivity index (χ1) is 8.33. The molecule has 2 aliphatic rings. The molecule has 1 heterocycles. The Morgan fingerprint density at radius 1 is 1.12 bits per heavy atom. The van der Waals surface area contributed by atoms with Crippen molar-refractivity contribution in [2.24, 2.45) is 0 Å².